The summed E-state index contributed by atoms with van der Waals surface area (Å²) < 4.78 is 0. The number of carbonyl (C=O) groups excluding carboxylic acids is 1. The van der Waals surface area contributed by atoms with Gasteiger partial charge in [-0.05, 0) is 13.8 Å². The summed E-state index contributed by atoms with van der Waals surface area (Å²) >= 11 is 0. The minimum Gasteiger partial charge on any atom is -0.277 e. The molecule has 4 nitrogen and oxygen atoms in total. The van der Waals surface area contributed by atoms with Gasteiger partial charge in [0, 0.05) is 0 Å². The maximum absolute atomic E-state index is 9.52. The number of carbonyl (C=O) groups is 1. The average molecular weight is 115 g/mol. The summed E-state index contributed by atoms with van der Waals surface area (Å²) in [5.41, 5.74) is 2.06. The van der Waals surface area contributed by atoms with Crippen LogP contribution in [0, 0.1) is 0 Å². The van der Waals surface area contributed by atoms with Crippen molar-refractivity contribution in [1.29, 1.82) is 0 Å². The molecule has 0 aliphatic rings. The van der Waals surface area contributed by atoms with E-state index in [0.717, 1.165) is 0 Å². The normalized spacial score (nSPS) is 10.4. The Labute approximate surface area is 48.0 Å². The third kappa shape index (κ3) is 5.07. The number of nitrogens with one attached hydrogen (secondary N) is 1. The molecule has 0 aliphatic heterocycles. The summed E-state index contributed by atoms with van der Waals surface area (Å²) in [6, 6.07) is 0.141. The van der Waals surface area contributed by atoms with Crippen LogP contribution in [0.1, 0.15) is 13.8 Å². The highest BCUT2D eigenvalue weighted by atomic mass is 16.1. The zero-order valence-corrected chi connectivity index (χ0v) is 4.96. The predicted octanol–water partition coefficient (Wildman–Crippen LogP) is 0.508. The van der Waals surface area contributed by atoms with Crippen molar-refractivity contribution >= 4 is 6.41 Å². The molecule has 0 unspecified atom stereocenters. The lowest BCUT2D eigenvalue weighted by molar-refractivity contribution is -0.109. The Morgan fingerprint density at radius 1 is 1.62 bits per heavy atom. The molecule has 0 fully saturated rings. The van der Waals surface area contributed by atoms with E-state index in [1.165, 1.54) is 0 Å². The number of hydrogen-bond acceptors (Lipinski definition) is 3. The fourth-order valence-electron chi connectivity index (χ4n) is 0.172. The number of nitrogens with zero attached hydrogens (tertiary/aromatic N) is 2. The number of rotatable bonds is 3. The number of amides is 1. The summed E-state index contributed by atoms with van der Waals surface area (Å²) in [6.45, 7) is 3.74. The lowest BCUT2D eigenvalue weighted by Crippen LogP contribution is -1.99. The molecule has 1 N–H and O–H groups in total. The first-order valence-electron chi connectivity index (χ1n) is 2.36. The minimum atomic E-state index is 0.141. The Morgan fingerprint density at radius 3 is 2.62 bits per heavy atom. The highest BCUT2D eigenvalue weighted by molar-refractivity contribution is 5.44. The second-order valence-electron chi connectivity index (χ2n) is 1.56. The molecule has 0 saturated heterocycles. The van der Waals surface area contributed by atoms with E-state index in [9.17, 15) is 4.79 Å². The van der Waals surface area contributed by atoms with E-state index in [4.69, 9.17) is 0 Å². The van der Waals surface area contributed by atoms with Crippen LogP contribution in [-0.2, 0) is 4.79 Å². The van der Waals surface area contributed by atoms with Gasteiger partial charge in [-0.1, -0.05) is 5.22 Å². The third-order valence-electron chi connectivity index (χ3n) is 0.399. The van der Waals surface area contributed by atoms with Crippen LogP contribution in [0.4, 0.5) is 0 Å². The molecule has 1 amide bonds. The Bertz CT molecular complexity index is 89.3. The molecule has 0 saturated carbocycles. The second kappa shape index (κ2) is 4.23. The molecule has 0 spiro atoms. The molecule has 0 radical (unpaired) electrons. The van der Waals surface area contributed by atoms with Crippen molar-refractivity contribution in [2.24, 2.45) is 10.3 Å². The first kappa shape index (κ1) is 7.07. The molecular formula is C4H9N3O. The van der Waals surface area contributed by atoms with Gasteiger partial charge in [0.15, 0.2) is 0 Å². The van der Waals surface area contributed by atoms with Gasteiger partial charge in [-0.3, -0.25) is 4.79 Å². The smallest absolute Gasteiger partial charge is 0.228 e. The monoisotopic (exact) mass is 115 g/mol. The lowest BCUT2D eigenvalue weighted by Gasteiger charge is -1.88. The third-order valence-corrected chi connectivity index (χ3v) is 0.399. The van der Waals surface area contributed by atoms with E-state index >= 15 is 0 Å². The molecule has 8 heavy (non-hydrogen) atoms. The SMILES string of the molecule is CC(C)N=NNC=O. The van der Waals surface area contributed by atoms with Gasteiger partial charge in [0.2, 0.25) is 6.41 Å². The van der Waals surface area contributed by atoms with Crippen LogP contribution >= 0.6 is 0 Å². The molecular weight excluding hydrogens is 106 g/mol. The van der Waals surface area contributed by atoms with Gasteiger partial charge in [0.25, 0.3) is 0 Å². The Hall–Kier alpha value is -0.930. The average Bonchev–Trinajstić information content (AvgIpc) is 1.66. The van der Waals surface area contributed by atoms with Gasteiger partial charge < -0.3 is 0 Å². The standard InChI is InChI=1S/C4H9N3O/c1-4(2)6-7-5-3-8/h3-4H,1-2H3,(H,5,6,8). The van der Waals surface area contributed by atoms with Crippen molar-refractivity contribution in [3.63, 3.8) is 0 Å². The molecule has 0 atom stereocenters. The minimum absolute atomic E-state index is 0.141. The van der Waals surface area contributed by atoms with Crippen LogP contribution in [0.2, 0.25) is 0 Å². The van der Waals surface area contributed by atoms with Crippen molar-refractivity contribution in [2.75, 3.05) is 0 Å². The second-order valence-corrected chi connectivity index (χ2v) is 1.56. The van der Waals surface area contributed by atoms with E-state index in [0.29, 0.717) is 6.41 Å². The van der Waals surface area contributed by atoms with Crippen molar-refractivity contribution in [3.05, 3.63) is 0 Å². The summed E-state index contributed by atoms with van der Waals surface area (Å²) in [5.74, 6) is 0. The quantitative estimate of drug-likeness (QED) is 0.325. The Kier molecular flexibility index (Phi) is 3.74. The van der Waals surface area contributed by atoms with Crippen LogP contribution in [-0.4, -0.2) is 12.5 Å². The zero-order valence-electron chi connectivity index (χ0n) is 4.96. The van der Waals surface area contributed by atoms with Crippen molar-refractivity contribution in [1.82, 2.24) is 5.43 Å². The largest absolute Gasteiger partial charge is 0.277 e. The highest BCUT2D eigenvalue weighted by Crippen LogP contribution is 1.82. The van der Waals surface area contributed by atoms with E-state index in [2.05, 4.69) is 15.8 Å². The molecule has 46 valence electrons. The Balaban J connectivity index is 3.19. The number of hydrogen-bond donors (Lipinski definition) is 1. The van der Waals surface area contributed by atoms with E-state index < -0.39 is 0 Å². The summed E-state index contributed by atoms with van der Waals surface area (Å²) in [7, 11) is 0. The fraction of sp³-hybridized carbons (Fsp3) is 0.750. The molecule has 4 heteroatoms. The van der Waals surface area contributed by atoms with Gasteiger partial charge in [-0.15, -0.1) is 0 Å². The van der Waals surface area contributed by atoms with E-state index in [1.54, 1.807) is 0 Å². The first-order chi connectivity index (χ1) is 3.77. The maximum Gasteiger partial charge on any atom is 0.228 e. The molecule has 0 rings (SSSR count). The lowest BCUT2D eigenvalue weighted by atomic mass is 10.4. The summed E-state index contributed by atoms with van der Waals surface area (Å²) in [6.07, 6.45) is 0.478. The van der Waals surface area contributed by atoms with Gasteiger partial charge in [0.05, 0.1) is 6.04 Å². The summed E-state index contributed by atoms with van der Waals surface area (Å²) in [4.78, 5) is 9.52. The summed E-state index contributed by atoms with van der Waals surface area (Å²) in [5, 5.41) is 6.89. The topological polar surface area (TPSA) is 53.8 Å². The Morgan fingerprint density at radius 2 is 2.25 bits per heavy atom. The van der Waals surface area contributed by atoms with Gasteiger partial charge >= 0.3 is 0 Å². The van der Waals surface area contributed by atoms with Crippen LogP contribution in [0.5, 0.6) is 0 Å². The molecule has 0 bridgehead atoms. The molecule has 0 aromatic heterocycles. The van der Waals surface area contributed by atoms with Gasteiger partial charge in [-0.2, -0.15) is 5.11 Å². The zero-order chi connectivity index (χ0) is 6.41. The van der Waals surface area contributed by atoms with Crippen molar-refractivity contribution < 1.29 is 4.79 Å². The van der Waals surface area contributed by atoms with Crippen molar-refractivity contribution in [2.45, 2.75) is 19.9 Å². The molecule has 0 aromatic rings. The van der Waals surface area contributed by atoms with Crippen LogP contribution in [0.15, 0.2) is 10.3 Å². The van der Waals surface area contributed by atoms with E-state index in [1.807, 2.05) is 13.8 Å². The van der Waals surface area contributed by atoms with Crippen LogP contribution in [0.25, 0.3) is 0 Å². The van der Waals surface area contributed by atoms with Crippen LogP contribution < -0.4 is 5.43 Å². The fourth-order valence-corrected chi connectivity index (χ4v) is 0.172. The maximum atomic E-state index is 9.52. The predicted molar refractivity (Wildman–Crippen MR) is 29.2 cm³/mol. The first-order valence-corrected chi connectivity index (χ1v) is 2.36. The van der Waals surface area contributed by atoms with E-state index in [-0.39, 0.29) is 6.04 Å². The molecule has 0 aliphatic carbocycles. The van der Waals surface area contributed by atoms with Crippen molar-refractivity contribution in [3.8, 4) is 0 Å². The highest BCUT2D eigenvalue weighted by Gasteiger charge is 1.81. The molecule has 0 heterocycles. The van der Waals surface area contributed by atoms with Gasteiger partial charge in [0.1, 0.15) is 0 Å². The van der Waals surface area contributed by atoms with Gasteiger partial charge in [-0.25, -0.2) is 5.43 Å². The van der Waals surface area contributed by atoms with Crippen LogP contribution in [0.3, 0.4) is 0 Å². The molecule has 0 aromatic carbocycles.